The Balaban J connectivity index is 2.53. The summed E-state index contributed by atoms with van der Waals surface area (Å²) < 4.78 is 0. The molecule has 0 saturated carbocycles. The van der Waals surface area contributed by atoms with Crippen molar-refractivity contribution >= 4 is 0 Å². The number of aromatic nitrogens is 1. The van der Waals surface area contributed by atoms with E-state index in [-0.39, 0.29) is 5.41 Å². The Bertz CT molecular complexity index is 422. The molecule has 0 amide bonds. The van der Waals surface area contributed by atoms with Gasteiger partial charge in [0.05, 0.1) is 5.69 Å². The lowest BCUT2D eigenvalue weighted by atomic mass is 9.77. The Kier molecular flexibility index (Phi) is 3.37. The molecule has 17 heavy (non-hydrogen) atoms. The summed E-state index contributed by atoms with van der Waals surface area (Å²) >= 11 is 0. The third-order valence-electron chi connectivity index (χ3n) is 4.16. The van der Waals surface area contributed by atoms with Gasteiger partial charge in [0.2, 0.25) is 0 Å². The number of allylic oxidation sites excluding steroid dienone is 1. The molecule has 0 saturated heterocycles. The lowest BCUT2D eigenvalue weighted by Crippen LogP contribution is -2.23. The van der Waals surface area contributed by atoms with E-state index in [2.05, 4.69) is 39.5 Å². The second kappa shape index (κ2) is 4.64. The van der Waals surface area contributed by atoms with E-state index < -0.39 is 0 Å². The molecular weight excluding hydrogens is 206 g/mol. The zero-order valence-corrected chi connectivity index (χ0v) is 11.3. The predicted molar refractivity (Wildman–Crippen MR) is 73.4 cm³/mol. The second-order valence-electron chi connectivity index (χ2n) is 5.52. The van der Waals surface area contributed by atoms with Crippen LogP contribution in [0, 0.1) is 6.92 Å². The van der Waals surface area contributed by atoms with Crippen molar-refractivity contribution in [2.75, 3.05) is 0 Å². The summed E-state index contributed by atoms with van der Waals surface area (Å²) in [5.74, 6) is 0.644. The molecule has 1 aromatic rings. The monoisotopic (exact) mass is 229 g/mol. The highest BCUT2D eigenvalue weighted by molar-refractivity contribution is 5.42. The lowest BCUT2D eigenvalue weighted by molar-refractivity contribution is 0.366. The minimum absolute atomic E-state index is 0.261. The highest BCUT2D eigenvalue weighted by atomic mass is 14.7. The number of rotatable bonds is 4. The molecule has 0 radical (unpaired) electrons. The van der Waals surface area contributed by atoms with Gasteiger partial charge in [-0.3, -0.25) is 4.98 Å². The van der Waals surface area contributed by atoms with E-state index >= 15 is 0 Å². The third-order valence-corrected chi connectivity index (χ3v) is 4.16. The average Bonchev–Trinajstić information content (AvgIpc) is 2.55. The van der Waals surface area contributed by atoms with E-state index in [1.807, 2.05) is 6.20 Å². The molecule has 0 fully saturated rings. The molecule has 0 aliphatic heterocycles. The summed E-state index contributed by atoms with van der Waals surface area (Å²) in [5.41, 5.74) is 4.52. The molecule has 1 aliphatic carbocycles. The van der Waals surface area contributed by atoms with Crippen molar-refractivity contribution in [1.82, 2.24) is 4.98 Å². The van der Waals surface area contributed by atoms with E-state index in [9.17, 15) is 0 Å². The van der Waals surface area contributed by atoms with Crippen LogP contribution in [0.3, 0.4) is 0 Å². The Morgan fingerprint density at radius 3 is 3.00 bits per heavy atom. The van der Waals surface area contributed by atoms with E-state index in [4.69, 9.17) is 4.98 Å². The number of nitrogens with zero attached hydrogens (tertiary/aromatic N) is 1. The van der Waals surface area contributed by atoms with Crippen LogP contribution in [0.4, 0.5) is 0 Å². The molecule has 1 aromatic heterocycles. The van der Waals surface area contributed by atoms with Crippen molar-refractivity contribution in [1.29, 1.82) is 0 Å². The fourth-order valence-electron chi connectivity index (χ4n) is 3.66. The van der Waals surface area contributed by atoms with Gasteiger partial charge in [0.15, 0.2) is 0 Å². The van der Waals surface area contributed by atoms with Crippen LogP contribution in [-0.4, -0.2) is 4.98 Å². The minimum atomic E-state index is 0.261. The van der Waals surface area contributed by atoms with Gasteiger partial charge in [0.25, 0.3) is 0 Å². The molecular formula is C16H23N. The first-order valence-electron chi connectivity index (χ1n) is 6.71. The van der Waals surface area contributed by atoms with E-state index in [0.29, 0.717) is 5.92 Å². The van der Waals surface area contributed by atoms with Crippen molar-refractivity contribution in [3.8, 4) is 0 Å². The van der Waals surface area contributed by atoms with Crippen LogP contribution >= 0.6 is 0 Å². The zero-order valence-electron chi connectivity index (χ0n) is 11.3. The molecule has 1 heteroatoms. The number of hydrogen-bond donors (Lipinski definition) is 0. The van der Waals surface area contributed by atoms with Crippen LogP contribution in [0.5, 0.6) is 0 Å². The normalized spacial score (nSPS) is 26.9. The number of hydrogen-bond acceptors (Lipinski definition) is 1. The quantitative estimate of drug-likeness (QED) is 0.692. The molecule has 1 heterocycles. The van der Waals surface area contributed by atoms with Gasteiger partial charge >= 0.3 is 0 Å². The Morgan fingerprint density at radius 2 is 2.35 bits per heavy atom. The predicted octanol–water partition coefficient (Wildman–Crippen LogP) is 4.51. The molecule has 0 spiro atoms. The topological polar surface area (TPSA) is 12.9 Å². The highest BCUT2D eigenvalue weighted by Crippen LogP contribution is 2.50. The zero-order chi connectivity index (χ0) is 12.5. The first-order chi connectivity index (χ1) is 8.14. The third kappa shape index (κ3) is 1.92. The smallest absolute Gasteiger partial charge is 0.0505 e. The molecule has 92 valence electrons. The Labute approximate surface area is 105 Å². The molecule has 0 aromatic carbocycles. The molecule has 1 aliphatic rings. The van der Waals surface area contributed by atoms with Crippen LogP contribution in [-0.2, 0) is 5.41 Å². The van der Waals surface area contributed by atoms with Crippen LogP contribution in [0.1, 0.15) is 62.3 Å². The van der Waals surface area contributed by atoms with Gasteiger partial charge < -0.3 is 0 Å². The standard InChI is InChI=1S/C16H23N/c1-5-8-16(9-6-2)11-13(4)14-12(3)7-10-17-15(14)16/h5,7,10,13H,1,6,8-9,11H2,2-4H3. The van der Waals surface area contributed by atoms with Gasteiger partial charge in [-0.2, -0.15) is 0 Å². The summed E-state index contributed by atoms with van der Waals surface area (Å²) in [5, 5.41) is 0. The second-order valence-corrected chi connectivity index (χ2v) is 5.52. The number of fused-ring (bicyclic) bond motifs is 1. The van der Waals surface area contributed by atoms with E-state index in [0.717, 1.165) is 6.42 Å². The van der Waals surface area contributed by atoms with Crippen LogP contribution < -0.4 is 0 Å². The lowest BCUT2D eigenvalue weighted by Gasteiger charge is -2.28. The highest BCUT2D eigenvalue weighted by Gasteiger charge is 2.42. The minimum Gasteiger partial charge on any atom is -0.260 e. The average molecular weight is 229 g/mol. The maximum Gasteiger partial charge on any atom is 0.0505 e. The van der Waals surface area contributed by atoms with Gasteiger partial charge in [-0.05, 0) is 49.3 Å². The number of aryl methyl sites for hydroxylation is 1. The van der Waals surface area contributed by atoms with Crippen LogP contribution in [0.25, 0.3) is 0 Å². The first-order valence-corrected chi connectivity index (χ1v) is 6.71. The van der Waals surface area contributed by atoms with Crippen molar-refractivity contribution in [2.45, 2.75) is 57.8 Å². The van der Waals surface area contributed by atoms with Gasteiger partial charge in [0.1, 0.15) is 0 Å². The summed E-state index contributed by atoms with van der Waals surface area (Å²) in [6.45, 7) is 10.8. The van der Waals surface area contributed by atoms with Crippen molar-refractivity contribution in [3.05, 3.63) is 41.7 Å². The first kappa shape index (κ1) is 12.3. The van der Waals surface area contributed by atoms with E-state index in [1.165, 1.54) is 36.1 Å². The van der Waals surface area contributed by atoms with Gasteiger partial charge in [-0.1, -0.05) is 26.3 Å². The molecule has 0 N–H and O–H groups in total. The van der Waals surface area contributed by atoms with Crippen molar-refractivity contribution in [2.24, 2.45) is 0 Å². The Hall–Kier alpha value is -1.11. The van der Waals surface area contributed by atoms with Gasteiger partial charge in [-0.25, -0.2) is 0 Å². The maximum atomic E-state index is 4.71. The summed E-state index contributed by atoms with van der Waals surface area (Å²) in [6.07, 6.45) is 8.79. The van der Waals surface area contributed by atoms with Crippen molar-refractivity contribution < 1.29 is 0 Å². The fourth-order valence-corrected chi connectivity index (χ4v) is 3.66. The van der Waals surface area contributed by atoms with Gasteiger partial charge in [-0.15, -0.1) is 6.58 Å². The molecule has 1 nitrogen and oxygen atoms in total. The van der Waals surface area contributed by atoms with Gasteiger partial charge in [0, 0.05) is 11.6 Å². The SMILES string of the molecule is C=CCC1(CCC)CC(C)c2c(C)ccnc21. The molecule has 2 unspecified atom stereocenters. The summed E-state index contributed by atoms with van der Waals surface area (Å²) in [6, 6.07) is 2.14. The fraction of sp³-hybridized carbons (Fsp3) is 0.562. The summed E-state index contributed by atoms with van der Waals surface area (Å²) in [7, 11) is 0. The molecule has 0 bridgehead atoms. The molecule has 2 rings (SSSR count). The maximum absolute atomic E-state index is 4.71. The van der Waals surface area contributed by atoms with E-state index in [1.54, 1.807) is 0 Å². The summed E-state index contributed by atoms with van der Waals surface area (Å²) in [4.78, 5) is 4.71. The van der Waals surface area contributed by atoms with Crippen LogP contribution in [0.15, 0.2) is 24.9 Å². The van der Waals surface area contributed by atoms with Crippen LogP contribution in [0.2, 0.25) is 0 Å². The largest absolute Gasteiger partial charge is 0.260 e. The molecule has 2 atom stereocenters. The Morgan fingerprint density at radius 1 is 1.59 bits per heavy atom. The van der Waals surface area contributed by atoms with Crippen molar-refractivity contribution in [3.63, 3.8) is 0 Å². The number of pyridine rings is 1.